The van der Waals surface area contributed by atoms with Crippen molar-refractivity contribution in [2.45, 2.75) is 185 Å². The summed E-state index contributed by atoms with van der Waals surface area (Å²) in [5.74, 6) is 5.55. The predicted octanol–water partition coefficient (Wildman–Crippen LogP) is 27.3. The fourth-order valence-corrected chi connectivity index (χ4v) is 19.4. The Hall–Kier alpha value is -8.30. The quantitative estimate of drug-likeness (QED) is 0.0355. The summed E-state index contributed by atoms with van der Waals surface area (Å²) in [5, 5.41) is 9.55. The summed E-state index contributed by atoms with van der Waals surface area (Å²) < 4.78 is 39.5. The molecule has 532 valence electrons. The molecule has 2 aliphatic heterocycles. The van der Waals surface area contributed by atoms with Crippen molar-refractivity contribution in [3.05, 3.63) is 240 Å². The second-order valence-corrected chi connectivity index (χ2v) is 32.0. The van der Waals surface area contributed by atoms with Crippen molar-refractivity contribution in [2.75, 3.05) is 39.6 Å². The fourth-order valence-electron chi connectivity index (χ4n) is 16.2. The molecule has 0 N–H and O–H groups in total. The minimum absolute atomic E-state index is 0.109. The lowest BCUT2D eigenvalue weighted by Crippen LogP contribution is -2.47. The molecule has 0 amide bonds. The van der Waals surface area contributed by atoms with Crippen LogP contribution in [0.15, 0.2) is 229 Å². The minimum Gasteiger partial charge on any atom is -0.494 e. The highest BCUT2D eigenvalue weighted by molar-refractivity contribution is 8.14. The molecule has 10 aromatic carbocycles. The molecule has 103 heavy (non-hydrogen) atoms. The lowest BCUT2D eigenvalue weighted by Gasteiger charge is -2.47. The highest BCUT2D eigenvalue weighted by atomic mass is 32.2. The van der Waals surface area contributed by atoms with Gasteiger partial charge in [-0.05, 0) is 235 Å². The molecule has 4 aliphatic rings. The lowest BCUT2D eigenvalue weighted by molar-refractivity contribution is 0.288. The van der Waals surface area contributed by atoms with Crippen LogP contribution in [-0.4, -0.2) is 49.1 Å². The molecule has 0 spiro atoms. The molecule has 0 bridgehead atoms. The van der Waals surface area contributed by atoms with Gasteiger partial charge >= 0.3 is 0 Å². The number of allylic oxidation sites excluding steroid dienone is 4. The van der Waals surface area contributed by atoms with Crippen molar-refractivity contribution < 1.29 is 28.4 Å². The van der Waals surface area contributed by atoms with Gasteiger partial charge in [0.1, 0.15) is 34.5 Å². The average Bonchev–Trinajstić information content (AvgIpc) is 1.52. The third kappa shape index (κ3) is 16.2. The van der Waals surface area contributed by atoms with Gasteiger partial charge in [-0.1, -0.05) is 224 Å². The van der Waals surface area contributed by atoms with Crippen LogP contribution in [0.4, 0.5) is 0 Å². The van der Waals surface area contributed by atoms with Gasteiger partial charge in [0.05, 0.1) is 49.1 Å². The molecule has 8 heteroatoms. The maximum atomic E-state index is 6.77. The number of fused-ring (bicyclic) bond motifs is 8. The van der Waals surface area contributed by atoms with Crippen LogP contribution in [-0.2, 0) is 0 Å². The van der Waals surface area contributed by atoms with Gasteiger partial charge in [-0.3, -0.25) is 0 Å². The van der Waals surface area contributed by atoms with E-state index in [9.17, 15) is 0 Å². The van der Waals surface area contributed by atoms with Gasteiger partial charge in [0.25, 0.3) is 0 Å². The molecule has 14 rings (SSSR count). The molecule has 0 radical (unpaired) electrons. The average molecular weight is 1410 g/mol. The van der Waals surface area contributed by atoms with Crippen LogP contribution < -0.4 is 28.4 Å². The van der Waals surface area contributed by atoms with E-state index in [2.05, 4.69) is 257 Å². The van der Waals surface area contributed by atoms with Gasteiger partial charge in [0.2, 0.25) is 0 Å². The van der Waals surface area contributed by atoms with E-state index in [1.54, 1.807) is 11.1 Å². The van der Waals surface area contributed by atoms with Crippen LogP contribution in [0.3, 0.4) is 0 Å². The molecule has 0 unspecified atom stereocenters. The maximum Gasteiger partial charge on any atom is 0.127 e. The van der Waals surface area contributed by atoms with E-state index in [4.69, 9.17) is 28.4 Å². The summed E-state index contributed by atoms with van der Waals surface area (Å²) in [6.07, 6.45) is 31.6. The van der Waals surface area contributed by atoms with Crippen molar-refractivity contribution in [1.82, 2.24) is 0 Å². The summed E-state index contributed by atoms with van der Waals surface area (Å²) in [6.45, 7) is 13.7. The third-order valence-electron chi connectivity index (χ3n) is 22.0. The first-order valence-electron chi connectivity index (χ1n) is 39.1. The van der Waals surface area contributed by atoms with Crippen molar-refractivity contribution >= 4 is 76.4 Å². The van der Waals surface area contributed by atoms with Gasteiger partial charge in [-0.2, -0.15) is 0 Å². The van der Waals surface area contributed by atoms with E-state index in [1.807, 2.05) is 0 Å². The first-order chi connectivity index (χ1) is 50.8. The Labute approximate surface area is 621 Å². The highest BCUT2D eigenvalue weighted by Crippen LogP contribution is 2.70. The third-order valence-corrected chi connectivity index (χ3v) is 25.3. The van der Waals surface area contributed by atoms with Crippen LogP contribution in [0.25, 0.3) is 75.2 Å². The first-order valence-corrected chi connectivity index (χ1v) is 40.8. The number of thioether (sulfide) groups is 2. The van der Waals surface area contributed by atoms with E-state index in [-0.39, 0.29) is 9.49 Å². The van der Waals surface area contributed by atoms with E-state index in [0.29, 0.717) is 39.6 Å². The Bertz CT molecular complexity index is 4400. The number of benzene rings is 10. The Balaban J connectivity index is 0.535. The topological polar surface area (TPSA) is 55.4 Å². The van der Waals surface area contributed by atoms with Crippen molar-refractivity contribution in [3.63, 3.8) is 0 Å². The number of rotatable bonds is 38. The summed E-state index contributed by atoms with van der Waals surface area (Å²) in [6, 6.07) is 70.0. The van der Waals surface area contributed by atoms with Crippen LogP contribution in [0, 0.1) is 0 Å². The normalized spacial score (nSPS) is 16.9. The molecule has 10 aromatic rings. The summed E-state index contributed by atoms with van der Waals surface area (Å²) in [7, 11) is 0. The first kappa shape index (κ1) is 71.7. The molecule has 2 aliphatic carbocycles. The van der Waals surface area contributed by atoms with E-state index in [0.717, 1.165) is 134 Å². The van der Waals surface area contributed by atoms with Crippen LogP contribution in [0.1, 0.15) is 187 Å². The monoisotopic (exact) mass is 1400 g/mol. The predicted molar refractivity (Wildman–Crippen MR) is 439 cm³/mol. The van der Waals surface area contributed by atoms with E-state index in [1.165, 1.54) is 146 Å². The second kappa shape index (κ2) is 34.5. The molecule has 0 aromatic heterocycles. The summed E-state index contributed by atoms with van der Waals surface area (Å²) in [4.78, 5) is 2.71. The zero-order valence-corrected chi connectivity index (χ0v) is 63.0. The Morgan fingerprint density at radius 3 is 0.864 bits per heavy atom. The smallest absolute Gasteiger partial charge is 0.127 e. The Morgan fingerprint density at radius 1 is 0.291 bits per heavy atom. The molecule has 2 atom stereocenters. The second-order valence-electron chi connectivity index (χ2n) is 29.1. The standard InChI is InChI=1S/C95H104O6S2/c1-5-7-9-11-13-29-62-98-84-56-48-68-34-19-23-38-76(68)90(84)92-78-40-25-21-36-70(78)50-58-86(92)100-64-31-17-15-27-60-96-74-52-44-72(45-53-74)88-66-82-80-42-33-43-81(80)83-67-89(103-95(83,4)94(82,3)102-88)73-46-54-75(55-47-73)97-61-28-16-18-32-65-101-87-59-51-71-37-22-26-41-79(71)93(87)91-77-39-24-20-35-69(77)49-57-85(91)99-63-30-14-12-10-8-6-2/h19-26,34-41,44-59,66-67H,5-18,27-33,42-43,60-65H2,1-4H3/t94-,95-/m0/s1. The van der Waals surface area contributed by atoms with Gasteiger partial charge in [-0.25, -0.2) is 0 Å². The largest absolute Gasteiger partial charge is 0.494 e. The molecular weight excluding hydrogens is 1300 g/mol. The molecular formula is C95H104O6S2. The lowest BCUT2D eigenvalue weighted by atomic mass is 9.72. The van der Waals surface area contributed by atoms with Crippen molar-refractivity contribution in [2.24, 2.45) is 0 Å². The van der Waals surface area contributed by atoms with Crippen molar-refractivity contribution in [1.29, 1.82) is 0 Å². The summed E-state index contributed by atoms with van der Waals surface area (Å²) in [5.41, 5.74) is 13.3. The summed E-state index contributed by atoms with van der Waals surface area (Å²) >= 11 is 4.13. The zero-order valence-electron chi connectivity index (χ0n) is 61.4. The molecule has 2 heterocycles. The van der Waals surface area contributed by atoms with E-state index < -0.39 is 0 Å². The zero-order chi connectivity index (χ0) is 70.2. The number of hydrogen-bond donors (Lipinski definition) is 0. The van der Waals surface area contributed by atoms with Gasteiger partial charge < -0.3 is 28.4 Å². The molecule has 1 saturated carbocycles. The van der Waals surface area contributed by atoms with E-state index >= 15 is 0 Å². The number of hydrogen-bond acceptors (Lipinski definition) is 8. The maximum absolute atomic E-state index is 6.77. The SMILES string of the molecule is CCCCCCCCOc1ccc2ccccc2c1-c1c(OCCCCCCOc2ccc(C3=CC4=C5CCCC5=C5C=C(c6ccc(OCCCCCCOc7ccc8ccccc8c7-c7c(OCCCCCCCC)ccc8ccccc78)cc6)S[C@]5(C)[C@@]4(C)S3)cc2)ccc2ccccc12. The van der Waals surface area contributed by atoms with Crippen LogP contribution in [0.2, 0.25) is 0 Å². The Morgan fingerprint density at radius 2 is 0.563 bits per heavy atom. The van der Waals surface area contributed by atoms with Crippen molar-refractivity contribution in [3.8, 4) is 56.8 Å². The minimum atomic E-state index is -0.109. The molecule has 0 saturated heterocycles. The van der Waals surface area contributed by atoms with Gasteiger partial charge in [-0.15, -0.1) is 23.5 Å². The van der Waals surface area contributed by atoms with Crippen LogP contribution in [0.5, 0.6) is 34.5 Å². The van der Waals surface area contributed by atoms with Crippen LogP contribution >= 0.6 is 23.5 Å². The highest BCUT2D eigenvalue weighted by Gasteiger charge is 2.59. The van der Waals surface area contributed by atoms with Gasteiger partial charge in [0.15, 0.2) is 0 Å². The Kier molecular flexibility index (Phi) is 24.0. The number of ether oxygens (including phenoxy) is 6. The number of unbranched alkanes of at least 4 members (excludes halogenated alkanes) is 16. The molecule has 6 nitrogen and oxygen atoms in total. The molecule has 1 fully saturated rings. The van der Waals surface area contributed by atoms with Gasteiger partial charge in [0, 0.05) is 32.1 Å². The fraction of sp³-hybridized carbons (Fsp3) is 0.368.